The Labute approximate surface area is 169 Å². The number of carbonyl (C=O) groups excluding carboxylic acids is 2. The van der Waals surface area contributed by atoms with Gasteiger partial charge in [-0.05, 0) is 30.5 Å². The molecule has 2 aromatic rings. The van der Waals surface area contributed by atoms with Gasteiger partial charge in [-0.1, -0.05) is 24.3 Å². The summed E-state index contributed by atoms with van der Waals surface area (Å²) in [6, 6.07) is 14.9. The minimum atomic E-state index is -0.501. The Morgan fingerprint density at radius 2 is 1.82 bits per heavy atom. The summed E-state index contributed by atoms with van der Waals surface area (Å²) in [6.07, 6.45) is 1.94. The van der Waals surface area contributed by atoms with E-state index in [9.17, 15) is 9.59 Å². The number of anilines is 1. The highest BCUT2D eigenvalue weighted by atomic mass is 32.2. The highest BCUT2D eigenvalue weighted by Crippen LogP contribution is 2.24. The first kappa shape index (κ1) is 20.4. The average Bonchev–Trinajstić information content (AvgIpc) is 2.74. The molecule has 0 spiro atoms. The van der Waals surface area contributed by atoms with Gasteiger partial charge in [0, 0.05) is 10.5 Å². The molecule has 148 valence electrons. The molecule has 0 aliphatic carbocycles. The monoisotopic (exact) mass is 401 g/mol. The van der Waals surface area contributed by atoms with E-state index in [1.807, 2.05) is 42.7 Å². The molecule has 1 fully saturated rings. The summed E-state index contributed by atoms with van der Waals surface area (Å²) in [6.45, 7) is 4.18. The van der Waals surface area contributed by atoms with Gasteiger partial charge in [-0.25, -0.2) is 4.79 Å². The number of carbonyl (C=O) groups is 2. The molecule has 1 amide bonds. The minimum Gasteiger partial charge on any atom is -0.452 e. The number of hydrogen-bond donors (Lipinski definition) is 2. The van der Waals surface area contributed by atoms with Crippen LogP contribution in [0.1, 0.15) is 15.9 Å². The second-order valence-electron chi connectivity index (χ2n) is 6.56. The number of hydrogen-bond acceptors (Lipinski definition) is 5. The molecule has 2 aromatic carbocycles. The van der Waals surface area contributed by atoms with E-state index >= 15 is 0 Å². The van der Waals surface area contributed by atoms with Crippen molar-refractivity contribution in [3.05, 3.63) is 59.7 Å². The Morgan fingerprint density at radius 3 is 2.54 bits per heavy atom. The first-order valence-electron chi connectivity index (χ1n) is 9.26. The van der Waals surface area contributed by atoms with Crippen molar-refractivity contribution in [1.82, 2.24) is 0 Å². The van der Waals surface area contributed by atoms with Gasteiger partial charge in [0.2, 0.25) is 0 Å². The molecule has 1 aliphatic rings. The highest BCUT2D eigenvalue weighted by molar-refractivity contribution is 7.98. The number of morpholine rings is 1. The SMILES string of the molecule is CSc1ccccc1NC(=O)COC(=O)c1ccc(C[NH+]2CCOCC2)cc1. The van der Waals surface area contributed by atoms with Crippen molar-refractivity contribution in [1.29, 1.82) is 0 Å². The number of para-hydroxylation sites is 1. The van der Waals surface area contributed by atoms with Gasteiger partial charge in [0.15, 0.2) is 6.61 Å². The number of rotatable bonds is 7. The van der Waals surface area contributed by atoms with Gasteiger partial charge < -0.3 is 19.7 Å². The van der Waals surface area contributed by atoms with Crippen LogP contribution >= 0.6 is 11.8 Å². The predicted molar refractivity (Wildman–Crippen MR) is 109 cm³/mol. The third kappa shape index (κ3) is 5.82. The molecule has 28 heavy (non-hydrogen) atoms. The topological polar surface area (TPSA) is 69.1 Å². The lowest BCUT2D eigenvalue weighted by Gasteiger charge is -2.23. The van der Waals surface area contributed by atoms with E-state index in [0.29, 0.717) is 11.3 Å². The van der Waals surface area contributed by atoms with Crippen LogP contribution in [0.2, 0.25) is 0 Å². The Hall–Kier alpha value is -2.35. The molecule has 6 nitrogen and oxygen atoms in total. The normalized spacial score (nSPS) is 14.5. The van der Waals surface area contributed by atoms with E-state index in [-0.39, 0.29) is 12.5 Å². The van der Waals surface area contributed by atoms with Gasteiger partial charge in [-0.2, -0.15) is 0 Å². The average molecular weight is 402 g/mol. The molecule has 0 atom stereocenters. The first-order chi connectivity index (χ1) is 13.7. The fourth-order valence-electron chi connectivity index (χ4n) is 3.03. The smallest absolute Gasteiger partial charge is 0.338 e. The van der Waals surface area contributed by atoms with Crippen LogP contribution in [0.5, 0.6) is 0 Å². The van der Waals surface area contributed by atoms with Gasteiger partial charge in [0.1, 0.15) is 19.6 Å². The zero-order valence-electron chi connectivity index (χ0n) is 15.9. The Morgan fingerprint density at radius 1 is 1.11 bits per heavy atom. The summed E-state index contributed by atoms with van der Waals surface area (Å²) >= 11 is 1.54. The maximum absolute atomic E-state index is 12.2. The maximum atomic E-state index is 12.2. The standard InChI is InChI=1S/C21H24N2O4S/c1-28-19-5-3-2-4-18(19)22-20(24)15-27-21(25)17-8-6-16(7-9-17)14-23-10-12-26-13-11-23/h2-9H,10-15H2,1H3,(H,22,24)/p+1. The molecule has 1 heterocycles. The van der Waals surface area contributed by atoms with Crippen molar-refractivity contribution in [3.8, 4) is 0 Å². The molecule has 0 saturated carbocycles. The number of thioether (sulfide) groups is 1. The molecular weight excluding hydrogens is 376 g/mol. The Bertz CT molecular complexity index is 804. The van der Waals surface area contributed by atoms with Gasteiger partial charge in [0.05, 0.1) is 24.5 Å². The lowest BCUT2D eigenvalue weighted by Crippen LogP contribution is -3.12. The van der Waals surface area contributed by atoms with Gasteiger partial charge in [-0.15, -0.1) is 11.8 Å². The van der Waals surface area contributed by atoms with Crippen molar-refractivity contribution in [2.24, 2.45) is 0 Å². The predicted octanol–water partition coefficient (Wildman–Crippen LogP) is 1.62. The zero-order chi connectivity index (χ0) is 19.8. The maximum Gasteiger partial charge on any atom is 0.338 e. The summed E-state index contributed by atoms with van der Waals surface area (Å²) in [4.78, 5) is 26.7. The fourth-order valence-corrected chi connectivity index (χ4v) is 3.59. The van der Waals surface area contributed by atoms with E-state index in [1.54, 1.807) is 23.9 Å². The van der Waals surface area contributed by atoms with Gasteiger partial charge >= 0.3 is 5.97 Å². The Balaban J connectivity index is 1.48. The number of ether oxygens (including phenoxy) is 2. The van der Waals surface area contributed by atoms with Crippen LogP contribution in [-0.4, -0.2) is 51.0 Å². The lowest BCUT2D eigenvalue weighted by molar-refractivity contribution is -0.921. The molecule has 7 heteroatoms. The number of nitrogens with one attached hydrogen (secondary N) is 2. The summed E-state index contributed by atoms with van der Waals surface area (Å²) < 4.78 is 10.5. The van der Waals surface area contributed by atoms with Crippen LogP contribution in [0.15, 0.2) is 53.4 Å². The third-order valence-corrected chi connectivity index (χ3v) is 5.35. The molecular formula is C21H25N2O4S+. The summed E-state index contributed by atoms with van der Waals surface area (Å²) in [5, 5.41) is 2.77. The molecule has 0 aromatic heterocycles. The van der Waals surface area contributed by atoms with E-state index in [1.165, 1.54) is 10.5 Å². The largest absolute Gasteiger partial charge is 0.452 e. The van der Waals surface area contributed by atoms with Crippen molar-refractivity contribution in [2.75, 3.05) is 44.5 Å². The van der Waals surface area contributed by atoms with Crippen LogP contribution in [0.3, 0.4) is 0 Å². The van der Waals surface area contributed by atoms with Crippen LogP contribution < -0.4 is 10.2 Å². The number of quaternary nitrogens is 1. The molecule has 0 unspecified atom stereocenters. The molecule has 2 N–H and O–H groups in total. The number of amides is 1. The van der Waals surface area contributed by atoms with E-state index in [2.05, 4.69) is 5.32 Å². The first-order valence-corrected chi connectivity index (χ1v) is 10.5. The van der Waals surface area contributed by atoms with Crippen LogP contribution in [0.25, 0.3) is 0 Å². The van der Waals surface area contributed by atoms with E-state index in [0.717, 1.165) is 37.7 Å². The number of benzene rings is 2. The van der Waals surface area contributed by atoms with Crippen molar-refractivity contribution in [2.45, 2.75) is 11.4 Å². The van der Waals surface area contributed by atoms with E-state index < -0.39 is 5.97 Å². The lowest BCUT2D eigenvalue weighted by atomic mass is 10.1. The van der Waals surface area contributed by atoms with E-state index in [4.69, 9.17) is 9.47 Å². The summed E-state index contributed by atoms with van der Waals surface area (Å²) in [7, 11) is 0. The molecule has 0 bridgehead atoms. The molecule has 0 radical (unpaired) electrons. The van der Waals surface area contributed by atoms with Crippen molar-refractivity contribution >= 4 is 29.3 Å². The summed E-state index contributed by atoms with van der Waals surface area (Å²) in [5.41, 5.74) is 2.32. The number of esters is 1. The highest BCUT2D eigenvalue weighted by Gasteiger charge is 2.15. The quantitative estimate of drug-likeness (QED) is 0.545. The second-order valence-corrected chi connectivity index (χ2v) is 7.41. The van der Waals surface area contributed by atoms with Crippen LogP contribution in [0, 0.1) is 0 Å². The zero-order valence-corrected chi connectivity index (χ0v) is 16.7. The van der Waals surface area contributed by atoms with Crippen LogP contribution in [0.4, 0.5) is 5.69 Å². The molecule has 1 saturated heterocycles. The van der Waals surface area contributed by atoms with Gasteiger partial charge in [-0.3, -0.25) is 4.79 Å². The van der Waals surface area contributed by atoms with Crippen molar-refractivity contribution < 1.29 is 24.0 Å². The Kier molecular flexibility index (Phi) is 7.47. The van der Waals surface area contributed by atoms with Gasteiger partial charge in [0.25, 0.3) is 5.91 Å². The molecule has 3 rings (SSSR count). The minimum absolute atomic E-state index is 0.318. The van der Waals surface area contributed by atoms with Crippen LogP contribution in [-0.2, 0) is 20.8 Å². The molecule has 1 aliphatic heterocycles. The summed E-state index contributed by atoms with van der Waals surface area (Å²) in [5.74, 6) is -0.860. The fraction of sp³-hybridized carbons (Fsp3) is 0.333. The van der Waals surface area contributed by atoms with Crippen molar-refractivity contribution in [3.63, 3.8) is 0 Å². The second kappa shape index (κ2) is 10.3. The third-order valence-electron chi connectivity index (χ3n) is 4.56.